The van der Waals surface area contributed by atoms with Gasteiger partial charge in [0.1, 0.15) is 12.2 Å². The highest BCUT2D eigenvalue weighted by Crippen LogP contribution is 2.70. The summed E-state index contributed by atoms with van der Waals surface area (Å²) in [7, 11) is 0. The monoisotopic (exact) mass is 549 g/mol. The summed E-state index contributed by atoms with van der Waals surface area (Å²) in [5.41, 5.74) is -0.337. The molecule has 210 valence electrons. The van der Waals surface area contributed by atoms with Gasteiger partial charge in [0.2, 0.25) is 0 Å². The molecule has 4 aliphatic carbocycles. The number of hydrogen-bond acceptors (Lipinski definition) is 4. The van der Waals surface area contributed by atoms with Crippen molar-refractivity contribution < 1.29 is 36.6 Å². The summed E-state index contributed by atoms with van der Waals surface area (Å²) < 4.78 is 76.7. The van der Waals surface area contributed by atoms with Crippen molar-refractivity contribution in [2.75, 3.05) is 6.61 Å². The number of nitrogens with zero attached hydrogens (tertiary/aromatic N) is 1. The highest BCUT2D eigenvalue weighted by atomic mass is 19.4. The summed E-state index contributed by atoms with van der Waals surface area (Å²) in [6.45, 7) is 3.14. The molecule has 4 aliphatic rings. The van der Waals surface area contributed by atoms with Crippen LogP contribution in [0.1, 0.15) is 81.9 Å². The quantitative estimate of drug-likeness (QED) is 0.397. The van der Waals surface area contributed by atoms with Gasteiger partial charge in [-0.05, 0) is 85.6 Å². The van der Waals surface area contributed by atoms with Crippen molar-refractivity contribution in [3.05, 3.63) is 58.2 Å². The zero-order chi connectivity index (χ0) is 28.4. The Balaban J connectivity index is 1.63. The van der Waals surface area contributed by atoms with Crippen LogP contribution < -0.4 is 0 Å². The number of alkyl halides is 5. The van der Waals surface area contributed by atoms with Crippen LogP contribution in [0.3, 0.4) is 0 Å². The molecule has 0 spiro atoms. The van der Waals surface area contributed by atoms with Crippen molar-refractivity contribution in [2.24, 2.45) is 17.3 Å². The molecule has 2 saturated carbocycles. The topological polar surface area (TPSA) is 70.3 Å². The molecule has 1 aromatic carbocycles. The number of ether oxygens (including phenoxy) is 1. The maximum atomic E-state index is 15.1. The summed E-state index contributed by atoms with van der Waals surface area (Å²) in [4.78, 5) is 12.2. The molecule has 6 atom stereocenters. The first-order valence-corrected chi connectivity index (χ1v) is 13.5. The first-order valence-electron chi connectivity index (χ1n) is 13.5. The average Bonchev–Trinajstić information content (AvgIpc) is 3.17. The summed E-state index contributed by atoms with van der Waals surface area (Å²) in [5, 5.41) is 20.1. The molecule has 0 radical (unpaired) electrons. The summed E-state index contributed by atoms with van der Waals surface area (Å²) in [6, 6.07) is 9.24. The van der Waals surface area contributed by atoms with Gasteiger partial charge in [-0.15, -0.1) is 0 Å². The number of halogens is 5. The number of ketones is 1. The molecule has 4 nitrogen and oxygen atoms in total. The molecule has 0 aliphatic heterocycles. The van der Waals surface area contributed by atoms with Crippen molar-refractivity contribution in [1.82, 2.24) is 0 Å². The van der Waals surface area contributed by atoms with E-state index in [2.05, 4.69) is 0 Å². The Morgan fingerprint density at radius 3 is 2.46 bits per heavy atom. The third kappa shape index (κ3) is 4.17. The molecule has 2 fully saturated rings. The third-order valence-electron chi connectivity index (χ3n) is 9.97. The average molecular weight is 550 g/mol. The van der Waals surface area contributed by atoms with Gasteiger partial charge in [0.05, 0.1) is 12.2 Å². The molecule has 0 bridgehead atoms. The normalized spacial score (nSPS) is 33.6. The van der Waals surface area contributed by atoms with Crippen molar-refractivity contribution in [3.63, 3.8) is 0 Å². The summed E-state index contributed by atoms with van der Waals surface area (Å²) >= 11 is 0. The second-order valence-corrected chi connectivity index (χ2v) is 11.7. The Morgan fingerprint density at radius 1 is 1.13 bits per heavy atom. The van der Waals surface area contributed by atoms with Gasteiger partial charge in [0, 0.05) is 17.8 Å². The van der Waals surface area contributed by atoms with Crippen LogP contribution in [0.15, 0.2) is 47.1 Å². The number of benzene rings is 1. The molecular weight excluding hydrogens is 517 g/mol. The number of carbonyl (C=O) groups excluding carboxylic acids is 1. The van der Waals surface area contributed by atoms with E-state index in [9.17, 15) is 23.1 Å². The molecule has 9 heteroatoms. The van der Waals surface area contributed by atoms with E-state index >= 15 is 8.78 Å². The first kappa shape index (κ1) is 28.0. The fraction of sp³-hybridized carbons (Fsp3) is 0.600. The van der Waals surface area contributed by atoms with Gasteiger partial charge < -0.3 is 9.84 Å². The highest BCUT2D eigenvalue weighted by Gasteiger charge is 2.79. The van der Waals surface area contributed by atoms with E-state index in [0.717, 1.165) is 27.8 Å². The fourth-order valence-electron chi connectivity index (χ4n) is 7.97. The molecule has 5 rings (SSSR count). The first-order chi connectivity index (χ1) is 18.2. The molecular formula is C30H32F5NO3. The van der Waals surface area contributed by atoms with Crippen LogP contribution in [-0.4, -0.2) is 35.2 Å². The van der Waals surface area contributed by atoms with Crippen LogP contribution in [0.2, 0.25) is 0 Å². The Kier molecular flexibility index (Phi) is 6.83. The van der Waals surface area contributed by atoms with E-state index in [1.165, 1.54) is 6.92 Å². The van der Waals surface area contributed by atoms with Crippen molar-refractivity contribution in [1.29, 1.82) is 5.26 Å². The highest BCUT2D eigenvalue weighted by molar-refractivity contribution is 5.93. The van der Waals surface area contributed by atoms with Crippen LogP contribution in [0, 0.1) is 28.6 Å². The Morgan fingerprint density at radius 2 is 1.82 bits per heavy atom. The molecule has 0 aromatic heterocycles. The minimum absolute atomic E-state index is 0.0424. The molecule has 39 heavy (non-hydrogen) atoms. The van der Waals surface area contributed by atoms with Gasteiger partial charge in [-0.3, -0.25) is 4.79 Å². The lowest BCUT2D eigenvalue weighted by atomic mass is 9.50. The third-order valence-corrected chi connectivity index (χ3v) is 9.97. The lowest BCUT2D eigenvalue weighted by Gasteiger charge is -2.56. The number of fused-ring (bicyclic) bond motifs is 4. The second-order valence-electron chi connectivity index (χ2n) is 11.7. The Hall–Kier alpha value is -2.57. The minimum Gasteiger partial charge on any atom is -0.383 e. The van der Waals surface area contributed by atoms with Crippen LogP contribution >= 0.6 is 0 Å². The summed E-state index contributed by atoms with van der Waals surface area (Å²) in [6.07, 6.45) is -3.21. The number of nitriles is 1. The lowest BCUT2D eigenvalue weighted by molar-refractivity contribution is -0.362. The largest absolute Gasteiger partial charge is 0.456 e. The lowest BCUT2D eigenvalue weighted by Crippen LogP contribution is -2.65. The van der Waals surface area contributed by atoms with Crippen LogP contribution in [-0.2, 0) is 9.53 Å². The van der Waals surface area contributed by atoms with Crippen molar-refractivity contribution in [2.45, 2.75) is 88.5 Å². The van der Waals surface area contributed by atoms with Crippen molar-refractivity contribution >= 4 is 5.78 Å². The predicted octanol–water partition coefficient (Wildman–Crippen LogP) is 7.12. The van der Waals surface area contributed by atoms with E-state index in [-0.39, 0.29) is 37.3 Å². The van der Waals surface area contributed by atoms with Crippen LogP contribution in [0.25, 0.3) is 0 Å². The van der Waals surface area contributed by atoms with Crippen molar-refractivity contribution in [3.8, 4) is 6.07 Å². The minimum atomic E-state index is -5.87. The number of rotatable bonds is 5. The number of allylic oxidation sites excluding steroid dienone is 4. The van der Waals surface area contributed by atoms with Crippen LogP contribution in [0.4, 0.5) is 22.0 Å². The van der Waals surface area contributed by atoms with Gasteiger partial charge in [-0.2, -0.15) is 27.2 Å². The van der Waals surface area contributed by atoms with Gasteiger partial charge in [0.15, 0.2) is 5.78 Å². The molecule has 1 aromatic rings. The smallest absolute Gasteiger partial charge is 0.383 e. The van der Waals surface area contributed by atoms with E-state index in [1.807, 2.05) is 30.3 Å². The van der Waals surface area contributed by atoms with Gasteiger partial charge in [-0.1, -0.05) is 36.8 Å². The molecule has 0 amide bonds. The number of carbonyl (C=O) groups is 1. The molecule has 3 unspecified atom stereocenters. The number of hydrogen-bond donors (Lipinski definition) is 1. The number of aliphatic hydroxyl groups is 1. The predicted molar refractivity (Wildman–Crippen MR) is 133 cm³/mol. The fourth-order valence-corrected chi connectivity index (χ4v) is 7.97. The standard InChI is InChI=1S/C30H32F5NO3/c1-17(39-14-13-36)18-3-5-19(6-4-18)24-16-27(2)25(11-12-28(27,38)29(31,32)30(33,34)35)23-9-7-20-15-21(37)8-10-22(20)26(23)24/h3-6,15,17,23-25,38H,7-12,14,16H2,1-2H3/t17?,23?,24-,25?,27+,28+/m1/s1. The maximum absolute atomic E-state index is 15.1. The Labute approximate surface area is 224 Å². The molecule has 0 heterocycles. The zero-order valence-electron chi connectivity index (χ0n) is 22.0. The second kappa shape index (κ2) is 9.52. The van der Waals surface area contributed by atoms with E-state index in [1.54, 1.807) is 13.0 Å². The van der Waals surface area contributed by atoms with Gasteiger partial charge >= 0.3 is 12.1 Å². The maximum Gasteiger partial charge on any atom is 0.456 e. The van der Waals surface area contributed by atoms with E-state index in [4.69, 9.17) is 10.00 Å². The van der Waals surface area contributed by atoms with Gasteiger partial charge in [-0.25, -0.2) is 0 Å². The van der Waals surface area contributed by atoms with E-state index in [0.29, 0.717) is 25.7 Å². The van der Waals surface area contributed by atoms with E-state index < -0.39 is 41.4 Å². The molecule has 0 saturated heterocycles. The summed E-state index contributed by atoms with van der Waals surface area (Å²) in [5.74, 6) is -6.49. The Bertz CT molecular complexity index is 1260. The van der Waals surface area contributed by atoms with Crippen LogP contribution in [0.5, 0.6) is 0 Å². The molecule has 1 N–H and O–H groups in total. The SMILES string of the molecule is CC(OCC#N)c1ccc([C@H]2C[C@@]3(C)C(CC[C@@]3(O)C(F)(F)C(F)(F)F)C3CCC4=CC(=O)CCC4=C32)cc1. The zero-order valence-corrected chi connectivity index (χ0v) is 22.0. The van der Waals surface area contributed by atoms with Gasteiger partial charge in [0.25, 0.3) is 0 Å².